The molecule has 4 nitrogen and oxygen atoms in total. The van der Waals surface area contributed by atoms with E-state index in [9.17, 15) is 9.59 Å². The van der Waals surface area contributed by atoms with Crippen LogP contribution >= 0.6 is 0 Å². The van der Waals surface area contributed by atoms with Crippen LogP contribution in [0.3, 0.4) is 0 Å². The Morgan fingerprint density at radius 3 is 2.92 bits per heavy atom. The van der Waals surface area contributed by atoms with Crippen molar-refractivity contribution in [2.75, 3.05) is 19.6 Å². The lowest BCUT2D eigenvalue weighted by Gasteiger charge is -2.30. The number of rotatable bonds is 3. The molecule has 1 amide bonds. The van der Waals surface area contributed by atoms with E-state index in [4.69, 9.17) is 5.73 Å². The zero-order chi connectivity index (χ0) is 9.84. The van der Waals surface area contributed by atoms with Gasteiger partial charge in [-0.25, -0.2) is 0 Å². The van der Waals surface area contributed by atoms with Gasteiger partial charge in [0.05, 0.1) is 6.54 Å². The number of nitrogens with zero attached hydrogens (tertiary/aromatic N) is 1. The van der Waals surface area contributed by atoms with Crippen LogP contribution in [-0.4, -0.2) is 36.2 Å². The average molecular weight is 184 g/mol. The molecule has 1 heterocycles. The van der Waals surface area contributed by atoms with Gasteiger partial charge in [-0.3, -0.25) is 14.5 Å². The van der Waals surface area contributed by atoms with Crippen molar-refractivity contribution in [1.29, 1.82) is 0 Å². The predicted octanol–water partition coefficient (Wildman–Crippen LogP) is -0.227. The molecule has 4 heteroatoms. The van der Waals surface area contributed by atoms with Gasteiger partial charge in [-0.1, -0.05) is 6.92 Å². The summed E-state index contributed by atoms with van der Waals surface area (Å²) >= 11 is 0. The van der Waals surface area contributed by atoms with Gasteiger partial charge >= 0.3 is 0 Å². The highest BCUT2D eigenvalue weighted by Gasteiger charge is 2.25. The molecule has 1 aliphatic heterocycles. The van der Waals surface area contributed by atoms with E-state index in [0.29, 0.717) is 25.3 Å². The van der Waals surface area contributed by atoms with Crippen LogP contribution in [0.25, 0.3) is 0 Å². The van der Waals surface area contributed by atoms with Gasteiger partial charge in [-0.05, 0) is 6.42 Å². The molecule has 0 radical (unpaired) electrons. The molecule has 1 saturated heterocycles. The summed E-state index contributed by atoms with van der Waals surface area (Å²) in [4.78, 5) is 23.9. The summed E-state index contributed by atoms with van der Waals surface area (Å²) in [6, 6.07) is 0. The van der Waals surface area contributed by atoms with Crippen LogP contribution in [0.2, 0.25) is 0 Å². The second kappa shape index (κ2) is 4.37. The predicted molar refractivity (Wildman–Crippen MR) is 49.0 cm³/mol. The maximum Gasteiger partial charge on any atom is 0.231 e. The second-order valence-corrected chi connectivity index (χ2v) is 3.52. The van der Waals surface area contributed by atoms with Gasteiger partial charge in [0.25, 0.3) is 0 Å². The molecule has 74 valence electrons. The Hall–Kier alpha value is -0.900. The van der Waals surface area contributed by atoms with Crippen LogP contribution in [0.15, 0.2) is 0 Å². The molecule has 1 aliphatic rings. The van der Waals surface area contributed by atoms with Gasteiger partial charge < -0.3 is 5.73 Å². The van der Waals surface area contributed by atoms with Crippen molar-refractivity contribution >= 4 is 11.7 Å². The van der Waals surface area contributed by atoms with Crippen molar-refractivity contribution < 1.29 is 9.59 Å². The molecule has 0 aromatic carbocycles. The third-order valence-corrected chi connectivity index (χ3v) is 2.48. The summed E-state index contributed by atoms with van der Waals surface area (Å²) in [5, 5.41) is 0. The lowest BCUT2D eigenvalue weighted by Crippen LogP contribution is -2.44. The molecule has 0 bridgehead atoms. The fourth-order valence-electron chi connectivity index (χ4n) is 1.70. The smallest absolute Gasteiger partial charge is 0.231 e. The summed E-state index contributed by atoms with van der Waals surface area (Å²) in [5.41, 5.74) is 5.08. The lowest BCUT2D eigenvalue weighted by molar-refractivity contribution is -0.128. The highest BCUT2D eigenvalue weighted by molar-refractivity contribution is 5.82. The van der Waals surface area contributed by atoms with Crippen LogP contribution in [0.5, 0.6) is 0 Å². The van der Waals surface area contributed by atoms with Gasteiger partial charge in [0, 0.05) is 25.4 Å². The van der Waals surface area contributed by atoms with E-state index < -0.39 is 0 Å². The second-order valence-electron chi connectivity index (χ2n) is 3.52. The third-order valence-electron chi connectivity index (χ3n) is 2.48. The molecule has 1 unspecified atom stereocenters. The molecule has 0 spiro atoms. The number of nitrogens with two attached hydrogens (primary N) is 1. The molecule has 0 saturated carbocycles. The number of likely N-dealkylation sites (tertiary alicyclic amines) is 1. The van der Waals surface area contributed by atoms with E-state index in [-0.39, 0.29) is 18.4 Å². The van der Waals surface area contributed by atoms with Gasteiger partial charge in [-0.15, -0.1) is 0 Å². The number of primary amides is 1. The summed E-state index contributed by atoms with van der Waals surface area (Å²) in [6.45, 7) is 3.65. The van der Waals surface area contributed by atoms with E-state index in [1.165, 1.54) is 0 Å². The summed E-state index contributed by atoms with van der Waals surface area (Å²) < 4.78 is 0. The van der Waals surface area contributed by atoms with E-state index in [1.54, 1.807) is 0 Å². The number of amides is 1. The Labute approximate surface area is 78.1 Å². The molecule has 1 fully saturated rings. The highest BCUT2D eigenvalue weighted by atomic mass is 16.1. The van der Waals surface area contributed by atoms with E-state index in [1.807, 2.05) is 11.8 Å². The number of carbonyl (C=O) groups is 2. The molecule has 0 aliphatic carbocycles. The van der Waals surface area contributed by atoms with Crippen molar-refractivity contribution in [3.05, 3.63) is 0 Å². The first-order chi connectivity index (χ1) is 6.13. The highest BCUT2D eigenvalue weighted by Crippen LogP contribution is 2.15. The van der Waals surface area contributed by atoms with Crippen molar-refractivity contribution in [3.63, 3.8) is 0 Å². The van der Waals surface area contributed by atoms with E-state index >= 15 is 0 Å². The maximum atomic E-state index is 11.3. The van der Waals surface area contributed by atoms with E-state index in [0.717, 1.165) is 6.42 Å². The monoisotopic (exact) mass is 184 g/mol. The van der Waals surface area contributed by atoms with E-state index in [2.05, 4.69) is 0 Å². The molecular formula is C9H16N2O2. The van der Waals surface area contributed by atoms with Crippen LogP contribution < -0.4 is 5.73 Å². The molecule has 1 rings (SSSR count). The Morgan fingerprint density at radius 2 is 2.38 bits per heavy atom. The fourth-order valence-corrected chi connectivity index (χ4v) is 1.70. The lowest BCUT2D eigenvalue weighted by atomic mass is 9.94. The van der Waals surface area contributed by atoms with Crippen molar-refractivity contribution in [1.82, 2.24) is 4.90 Å². The number of hydrogen-bond acceptors (Lipinski definition) is 3. The average Bonchev–Trinajstić information content (AvgIpc) is 2.07. The molecule has 1 atom stereocenters. The Bertz CT molecular complexity index is 216. The summed E-state index contributed by atoms with van der Waals surface area (Å²) in [6.07, 6.45) is 1.42. The van der Waals surface area contributed by atoms with Gasteiger partial charge in [0.2, 0.25) is 5.91 Å². The SMILES string of the molecule is CCC1CN(CC(N)=O)CCC1=O. The van der Waals surface area contributed by atoms with Gasteiger partial charge in [0.1, 0.15) is 5.78 Å². The number of ketones is 1. The molecule has 0 aromatic heterocycles. The van der Waals surface area contributed by atoms with Gasteiger partial charge in [-0.2, -0.15) is 0 Å². The summed E-state index contributed by atoms with van der Waals surface area (Å²) in [5.74, 6) is 0.112. The first-order valence-electron chi connectivity index (χ1n) is 4.66. The van der Waals surface area contributed by atoms with Crippen LogP contribution in [0.4, 0.5) is 0 Å². The van der Waals surface area contributed by atoms with Crippen LogP contribution in [-0.2, 0) is 9.59 Å². The normalized spacial score (nSPS) is 24.7. The zero-order valence-electron chi connectivity index (χ0n) is 7.95. The summed E-state index contributed by atoms with van der Waals surface area (Å²) in [7, 11) is 0. The first kappa shape index (κ1) is 10.2. The van der Waals surface area contributed by atoms with Crippen LogP contribution in [0.1, 0.15) is 19.8 Å². The maximum absolute atomic E-state index is 11.3. The van der Waals surface area contributed by atoms with Crippen molar-refractivity contribution in [2.45, 2.75) is 19.8 Å². The third kappa shape index (κ3) is 2.81. The topological polar surface area (TPSA) is 63.4 Å². The van der Waals surface area contributed by atoms with Gasteiger partial charge in [0.15, 0.2) is 0 Å². The minimum atomic E-state index is -0.316. The quantitative estimate of drug-likeness (QED) is 0.659. The molecule has 0 aromatic rings. The standard InChI is InChI=1S/C9H16N2O2/c1-2-7-5-11(6-9(10)13)4-3-8(7)12/h7H,2-6H2,1H3,(H2,10,13). The Morgan fingerprint density at radius 1 is 1.69 bits per heavy atom. The van der Waals surface area contributed by atoms with Crippen molar-refractivity contribution in [2.24, 2.45) is 11.7 Å². The largest absolute Gasteiger partial charge is 0.369 e. The Balaban J connectivity index is 2.44. The van der Waals surface area contributed by atoms with Crippen LogP contribution in [0, 0.1) is 5.92 Å². The fraction of sp³-hybridized carbons (Fsp3) is 0.778. The number of piperidine rings is 1. The number of carbonyl (C=O) groups excluding carboxylic acids is 2. The first-order valence-corrected chi connectivity index (χ1v) is 4.66. The number of hydrogen-bond donors (Lipinski definition) is 1. The molecule has 13 heavy (non-hydrogen) atoms. The zero-order valence-corrected chi connectivity index (χ0v) is 7.95. The Kier molecular flexibility index (Phi) is 3.42. The minimum absolute atomic E-state index is 0.105. The number of Topliss-reactive ketones (excluding diaryl/α,β-unsaturated/α-hetero) is 1. The minimum Gasteiger partial charge on any atom is -0.369 e. The molecule has 2 N–H and O–H groups in total. The van der Waals surface area contributed by atoms with Crippen molar-refractivity contribution in [3.8, 4) is 0 Å². The molecular weight excluding hydrogens is 168 g/mol.